The van der Waals surface area contributed by atoms with Crippen LogP contribution < -0.4 is 0 Å². The summed E-state index contributed by atoms with van der Waals surface area (Å²) in [5, 5.41) is 0. The topological polar surface area (TPSA) is 0 Å². The first-order valence-corrected chi connectivity index (χ1v) is 3.51. The average Bonchev–Trinajstić information content (AvgIpc) is 1.67. The van der Waals surface area contributed by atoms with Crippen LogP contribution in [0, 0.1) is 18.8 Å². The van der Waals surface area contributed by atoms with Crippen molar-refractivity contribution in [3.8, 4) is 0 Å². The third-order valence-electron chi connectivity index (χ3n) is 1.60. The Balaban J connectivity index is 0. The van der Waals surface area contributed by atoms with Crippen LogP contribution in [0.1, 0.15) is 33.6 Å². The second-order valence-corrected chi connectivity index (χ2v) is 2.79. The van der Waals surface area contributed by atoms with Gasteiger partial charge in [0.25, 0.3) is 0 Å². The van der Waals surface area contributed by atoms with Crippen LogP contribution in [0.2, 0.25) is 0 Å². The van der Waals surface area contributed by atoms with E-state index in [1.165, 1.54) is 12.8 Å². The fourth-order valence-corrected chi connectivity index (χ4v) is 0.704. The molecule has 1 atom stereocenters. The van der Waals surface area contributed by atoms with Crippen LogP contribution in [0.3, 0.4) is 0 Å². The number of rotatable bonds is 3. The van der Waals surface area contributed by atoms with Gasteiger partial charge in [-0.2, -0.15) is 0 Å². The highest BCUT2D eigenvalue weighted by Crippen LogP contribution is 2.14. The molecule has 0 saturated heterocycles. The Morgan fingerprint density at radius 2 is 1.78 bits per heavy atom. The normalized spacial score (nSPS) is 13.0. The van der Waals surface area contributed by atoms with Crippen LogP contribution in [-0.4, -0.2) is 17.4 Å². The molecule has 0 amide bonds. The second-order valence-electron chi connectivity index (χ2n) is 2.79. The maximum absolute atomic E-state index is 4.03. The largest absolute Gasteiger partial charge is 0.187 e. The minimum atomic E-state index is 0. The molecule has 1 radical (unpaired) electrons. The minimum Gasteiger partial charge on any atom is -0.0654 e. The summed E-state index contributed by atoms with van der Waals surface area (Å²) in [4.78, 5) is 0. The van der Waals surface area contributed by atoms with Gasteiger partial charge in [-0.1, -0.05) is 33.6 Å². The molecule has 0 aromatic heterocycles. The van der Waals surface area contributed by atoms with Crippen molar-refractivity contribution in [2.75, 3.05) is 0 Å². The summed E-state index contributed by atoms with van der Waals surface area (Å²) >= 11 is 0. The van der Waals surface area contributed by atoms with Crippen molar-refractivity contribution in [3.05, 3.63) is 6.92 Å². The lowest BCUT2D eigenvalue weighted by Crippen LogP contribution is -2.02. The first-order valence-electron chi connectivity index (χ1n) is 3.51. The molecule has 1 unspecified atom stereocenters. The number of hydrogen-bond donors (Lipinski definition) is 0. The van der Waals surface area contributed by atoms with E-state index in [0.717, 1.165) is 5.92 Å². The summed E-state index contributed by atoms with van der Waals surface area (Å²) < 4.78 is 0. The third kappa shape index (κ3) is 6.42. The van der Waals surface area contributed by atoms with Crippen molar-refractivity contribution < 1.29 is 0 Å². The van der Waals surface area contributed by atoms with Crippen molar-refractivity contribution in [1.29, 1.82) is 0 Å². The summed E-state index contributed by atoms with van der Waals surface area (Å²) in [6.45, 7) is 10.7. The van der Waals surface area contributed by atoms with Gasteiger partial charge in [0.2, 0.25) is 0 Å². The van der Waals surface area contributed by atoms with E-state index in [4.69, 9.17) is 0 Å². The van der Waals surface area contributed by atoms with Crippen LogP contribution in [0.4, 0.5) is 0 Å². The molecule has 0 spiro atoms. The molecule has 0 aliphatic rings. The fourth-order valence-electron chi connectivity index (χ4n) is 0.704. The first-order chi connectivity index (χ1) is 3.68. The van der Waals surface area contributed by atoms with E-state index in [-0.39, 0.29) is 17.4 Å². The lowest BCUT2D eigenvalue weighted by atomic mass is 9.94. The van der Waals surface area contributed by atoms with Crippen LogP contribution in [0.25, 0.3) is 0 Å². The zero-order chi connectivity index (χ0) is 6.57. The molecule has 0 heterocycles. The van der Waals surface area contributed by atoms with Crippen molar-refractivity contribution >= 4 is 17.4 Å². The van der Waals surface area contributed by atoms with Gasteiger partial charge in [-0.05, 0) is 18.8 Å². The molecular weight excluding hydrogens is 123 g/mol. The number of hydrogen-bond acceptors (Lipinski definition) is 0. The van der Waals surface area contributed by atoms with Gasteiger partial charge in [0.05, 0.1) is 0 Å². The Kier molecular flexibility index (Phi) is 9.04. The lowest BCUT2D eigenvalue weighted by molar-refractivity contribution is 0.429. The molecular formula is C8H20Al. The average molecular weight is 143 g/mol. The summed E-state index contributed by atoms with van der Waals surface area (Å²) in [7, 11) is 0. The molecule has 0 fully saturated rings. The molecule has 0 bridgehead atoms. The minimum absolute atomic E-state index is 0. The Morgan fingerprint density at radius 1 is 1.33 bits per heavy atom. The quantitative estimate of drug-likeness (QED) is 0.528. The van der Waals surface area contributed by atoms with Gasteiger partial charge in [-0.25, -0.2) is 0 Å². The summed E-state index contributed by atoms with van der Waals surface area (Å²) in [5.41, 5.74) is 0. The van der Waals surface area contributed by atoms with E-state index in [9.17, 15) is 0 Å². The standard InChI is InChI=1S/C8H17.Al.3H/c1-5-6-8(4)7(2)3;;;;/h7-8H,4-6H2,1-3H3;;;;. The molecule has 0 aromatic carbocycles. The van der Waals surface area contributed by atoms with Gasteiger partial charge in [-0.3, -0.25) is 0 Å². The highest BCUT2D eigenvalue weighted by atomic mass is 27.0. The Labute approximate surface area is 70.2 Å². The SMILES string of the molecule is [AlH3].[CH2]C(CCC)C(C)C. The van der Waals surface area contributed by atoms with E-state index >= 15 is 0 Å². The van der Waals surface area contributed by atoms with E-state index in [2.05, 4.69) is 27.7 Å². The summed E-state index contributed by atoms with van der Waals surface area (Å²) in [5.74, 6) is 1.43. The monoisotopic (exact) mass is 143 g/mol. The lowest BCUT2D eigenvalue weighted by Gasteiger charge is -2.12. The zero-order valence-corrected chi connectivity index (χ0v) is 6.28. The van der Waals surface area contributed by atoms with Crippen LogP contribution >= 0.6 is 0 Å². The molecule has 0 aliphatic carbocycles. The van der Waals surface area contributed by atoms with Crippen LogP contribution in [0.5, 0.6) is 0 Å². The molecule has 0 N–H and O–H groups in total. The molecule has 0 nitrogen and oxygen atoms in total. The predicted octanol–water partition coefficient (Wildman–Crippen LogP) is 1.71. The third-order valence-corrected chi connectivity index (χ3v) is 1.60. The molecule has 0 rings (SSSR count). The highest BCUT2D eigenvalue weighted by Gasteiger charge is 2.03. The van der Waals surface area contributed by atoms with E-state index in [0.29, 0.717) is 5.92 Å². The van der Waals surface area contributed by atoms with Crippen molar-refractivity contribution in [2.45, 2.75) is 33.6 Å². The van der Waals surface area contributed by atoms with Gasteiger partial charge in [0.1, 0.15) is 0 Å². The van der Waals surface area contributed by atoms with Gasteiger partial charge < -0.3 is 0 Å². The maximum Gasteiger partial charge on any atom is 0.187 e. The fraction of sp³-hybridized carbons (Fsp3) is 0.875. The van der Waals surface area contributed by atoms with E-state index in [1.54, 1.807) is 0 Å². The molecule has 0 aromatic rings. The van der Waals surface area contributed by atoms with E-state index in [1.807, 2.05) is 0 Å². The summed E-state index contributed by atoms with van der Waals surface area (Å²) in [6, 6.07) is 0. The summed E-state index contributed by atoms with van der Waals surface area (Å²) in [6.07, 6.45) is 2.55. The van der Waals surface area contributed by atoms with Crippen molar-refractivity contribution in [2.24, 2.45) is 11.8 Å². The Morgan fingerprint density at radius 3 is 1.89 bits per heavy atom. The molecule has 9 heavy (non-hydrogen) atoms. The molecule has 55 valence electrons. The van der Waals surface area contributed by atoms with Gasteiger partial charge in [-0.15, -0.1) is 0 Å². The Bertz CT molecular complexity index is 50.5. The zero-order valence-electron chi connectivity index (χ0n) is 6.28. The molecule has 0 saturated carbocycles. The smallest absolute Gasteiger partial charge is 0.0654 e. The molecule has 1 heteroatoms. The first kappa shape index (κ1) is 12.2. The molecule has 0 aliphatic heterocycles. The van der Waals surface area contributed by atoms with Gasteiger partial charge >= 0.3 is 0 Å². The van der Waals surface area contributed by atoms with Gasteiger partial charge in [0, 0.05) is 0 Å². The van der Waals surface area contributed by atoms with Crippen LogP contribution in [0.15, 0.2) is 0 Å². The van der Waals surface area contributed by atoms with E-state index < -0.39 is 0 Å². The van der Waals surface area contributed by atoms with Crippen LogP contribution in [-0.2, 0) is 0 Å². The predicted molar refractivity (Wildman–Crippen MR) is 48.5 cm³/mol. The second kappa shape index (κ2) is 6.65. The van der Waals surface area contributed by atoms with Crippen molar-refractivity contribution in [1.82, 2.24) is 0 Å². The highest BCUT2D eigenvalue weighted by molar-refractivity contribution is 5.75. The Hall–Kier alpha value is 0.532. The van der Waals surface area contributed by atoms with Gasteiger partial charge in [0.15, 0.2) is 17.4 Å². The maximum atomic E-state index is 4.03. The van der Waals surface area contributed by atoms with Crippen molar-refractivity contribution in [3.63, 3.8) is 0 Å².